The highest BCUT2D eigenvalue weighted by atomic mass is 32.1. The van der Waals surface area contributed by atoms with Gasteiger partial charge in [-0.2, -0.15) is 5.10 Å². The molecule has 3 aromatic rings. The molecule has 26 heavy (non-hydrogen) atoms. The van der Waals surface area contributed by atoms with Gasteiger partial charge in [-0.3, -0.25) is 4.99 Å². The zero-order chi connectivity index (χ0) is 18.4. The molecule has 136 valence electrons. The third-order valence-electron chi connectivity index (χ3n) is 3.90. The van der Waals surface area contributed by atoms with Crippen molar-refractivity contribution in [1.29, 1.82) is 0 Å². The van der Waals surface area contributed by atoms with Crippen LogP contribution in [-0.4, -0.2) is 32.8 Å². The number of aryl methyl sites for hydroxylation is 2. The van der Waals surface area contributed by atoms with Crippen molar-refractivity contribution in [2.45, 2.75) is 33.5 Å². The van der Waals surface area contributed by atoms with Gasteiger partial charge in [0.1, 0.15) is 12.7 Å². The number of guanidine groups is 1. The molecular weight excluding hydrogens is 346 g/mol. The summed E-state index contributed by atoms with van der Waals surface area (Å²) in [7, 11) is 1.78. The van der Waals surface area contributed by atoms with E-state index >= 15 is 0 Å². The minimum absolute atomic E-state index is 0.700. The maximum atomic E-state index is 4.46. The summed E-state index contributed by atoms with van der Waals surface area (Å²) in [5.74, 6) is 0.775. The molecule has 2 aromatic heterocycles. The van der Waals surface area contributed by atoms with Crippen LogP contribution in [0.5, 0.6) is 0 Å². The first kappa shape index (κ1) is 18.1. The Bertz CT molecular complexity index is 868. The Kier molecular flexibility index (Phi) is 5.96. The number of nitrogens with zero attached hydrogens (tertiary/aromatic N) is 5. The largest absolute Gasteiger partial charge is 0.352 e. The van der Waals surface area contributed by atoms with Crippen molar-refractivity contribution in [3.05, 3.63) is 63.6 Å². The van der Waals surface area contributed by atoms with Crippen LogP contribution in [0.2, 0.25) is 0 Å². The smallest absolute Gasteiger partial charge is 0.191 e. The summed E-state index contributed by atoms with van der Waals surface area (Å²) in [4.78, 5) is 14.0. The molecule has 2 heterocycles. The molecule has 0 bridgehead atoms. The fourth-order valence-corrected chi connectivity index (χ4v) is 3.52. The van der Waals surface area contributed by atoms with Crippen LogP contribution in [0.3, 0.4) is 0 Å². The van der Waals surface area contributed by atoms with E-state index in [-0.39, 0.29) is 0 Å². The van der Waals surface area contributed by atoms with Crippen LogP contribution in [0.1, 0.15) is 26.7 Å². The van der Waals surface area contributed by atoms with Crippen molar-refractivity contribution >= 4 is 17.3 Å². The zero-order valence-corrected chi connectivity index (χ0v) is 16.0. The number of thiazole rings is 1. The normalized spacial score (nSPS) is 11.6. The molecule has 0 saturated heterocycles. The highest BCUT2D eigenvalue weighted by Gasteiger charge is 2.06. The lowest BCUT2D eigenvalue weighted by atomic mass is 10.1. The maximum Gasteiger partial charge on any atom is 0.191 e. The fourth-order valence-electron chi connectivity index (χ4n) is 2.65. The minimum Gasteiger partial charge on any atom is -0.352 e. The molecule has 8 heteroatoms. The maximum absolute atomic E-state index is 4.46. The molecule has 0 fully saturated rings. The number of nitrogens with one attached hydrogen (secondary N) is 2. The summed E-state index contributed by atoms with van der Waals surface area (Å²) in [6.07, 6.45) is 3.27. The van der Waals surface area contributed by atoms with Crippen LogP contribution in [0.25, 0.3) is 0 Å². The van der Waals surface area contributed by atoms with Gasteiger partial charge in [-0.05, 0) is 25.0 Å². The second-order valence-corrected chi connectivity index (χ2v) is 7.22. The number of hydrogen-bond acceptors (Lipinski definition) is 5. The van der Waals surface area contributed by atoms with Gasteiger partial charge in [-0.1, -0.05) is 24.3 Å². The highest BCUT2D eigenvalue weighted by Crippen LogP contribution is 2.16. The fraction of sp³-hybridized carbons (Fsp3) is 0.333. The number of aliphatic imine (C=N–C) groups is 1. The summed E-state index contributed by atoms with van der Waals surface area (Å²) in [5.41, 5.74) is 3.46. The van der Waals surface area contributed by atoms with Crippen LogP contribution in [0, 0.1) is 13.8 Å². The number of rotatable bonds is 6. The molecule has 0 aliphatic rings. The Morgan fingerprint density at radius 1 is 1.19 bits per heavy atom. The van der Waals surface area contributed by atoms with Crippen molar-refractivity contribution in [3.63, 3.8) is 0 Å². The van der Waals surface area contributed by atoms with Crippen molar-refractivity contribution in [2.75, 3.05) is 7.05 Å². The van der Waals surface area contributed by atoms with Gasteiger partial charge in [-0.15, -0.1) is 11.3 Å². The number of aromatic nitrogens is 4. The summed E-state index contributed by atoms with van der Waals surface area (Å²) in [5, 5.41) is 11.9. The van der Waals surface area contributed by atoms with Gasteiger partial charge >= 0.3 is 0 Å². The lowest BCUT2D eigenvalue weighted by molar-refractivity contribution is 0.683. The van der Waals surface area contributed by atoms with Gasteiger partial charge in [0.25, 0.3) is 0 Å². The van der Waals surface area contributed by atoms with E-state index in [1.807, 2.05) is 18.5 Å². The SMILES string of the molecule is CN=C(NCc1cccc(Cn2cncn2)c1)NCc1sc(C)nc1C. The molecule has 0 saturated carbocycles. The summed E-state index contributed by atoms with van der Waals surface area (Å²) >= 11 is 1.72. The van der Waals surface area contributed by atoms with Gasteiger partial charge in [0.05, 0.1) is 23.8 Å². The molecule has 0 atom stereocenters. The Morgan fingerprint density at radius 2 is 2.00 bits per heavy atom. The molecule has 7 nitrogen and oxygen atoms in total. The molecule has 1 aromatic carbocycles. The van der Waals surface area contributed by atoms with E-state index in [0.717, 1.165) is 23.2 Å². The van der Waals surface area contributed by atoms with E-state index in [0.29, 0.717) is 13.1 Å². The Morgan fingerprint density at radius 3 is 2.69 bits per heavy atom. The van der Waals surface area contributed by atoms with Crippen molar-refractivity contribution in [2.24, 2.45) is 4.99 Å². The van der Waals surface area contributed by atoms with Crippen molar-refractivity contribution in [3.8, 4) is 0 Å². The summed E-state index contributed by atoms with van der Waals surface area (Å²) in [6.45, 7) is 6.21. The second kappa shape index (κ2) is 8.57. The van der Waals surface area contributed by atoms with E-state index in [1.54, 1.807) is 31.0 Å². The Balaban J connectivity index is 1.54. The van der Waals surface area contributed by atoms with Crippen LogP contribution < -0.4 is 10.6 Å². The van der Waals surface area contributed by atoms with Gasteiger partial charge < -0.3 is 10.6 Å². The third kappa shape index (κ3) is 4.89. The Hall–Kier alpha value is -2.74. The van der Waals surface area contributed by atoms with Gasteiger partial charge in [0.2, 0.25) is 0 Å². The minimum atomic E-state index is 0.700. The average molecular weight is 369 g/mol. The first-order chi connectivity index (χ1) is 12.6. The quantitative estimate of drug-likeness (QED) is 0.515. The molecule has 0 radical (unpaired) electrons. The summed E-state index contributed by atoms with van der Waals surface area (Å²) in [6, 6.07) is 8.41. The summed E-state index contributed by atoms with van der Waals surface area (Å²) < 4.78 is 1.81. The van der Waals surface area contributed by atoms with E-state index < -0.39 is 0 Å². The van der Waals surface area contributed by atoms with E-state index in [4.69, 9.17) is 0 Å². The van der Waals surface area contributed by atoms with Gasteiger partial charge in [0, 0.05) is 18.5 Å². The number of benzene rings is 1. The van der Waals surface area contributed by atoms with Crippen LogP contribution in [0.4, 0.5) is 0 Å². The van der Waals surface area contributed by atoms with E-state index in [9.17, 15) is 0 Å². The molecule has 0 aliphatic carbocycles. The molecule has 0 spiro atoms. The topological polar surface area (TPSA) is 80.0 Å². The highest BCUT2D eigenvalue weighted by molar-refractivity contribution is 7.11. The van der Waals surface area contributed by atoms with E-state index in [2.05, 4.69) is 55.0 Å². The van der Waals surface area contributed by atoms with Crippen molar-refractivity contribution < 1.29 is 0 Å². The molecule has 2 N–H and O–H groups in total. The standard InChI is InChI=1S/C18H23N7S/c1-13-17(26-14(2)24-13)9-22-18(19-3)21-8-15-5-4-6-16(7-15)10-25-12-20-11-23-25/h4-7,11-12H,8-10H2,1-3H3,(H2,19,21,22). The van der Waals surface area contributed by atoms with Crippen molar-refractivity contribution in [1.82, 2.24) is 30.4 Å². The predicted molar refractivity (Wildman–Crippen MR) is 104 cm³/mol. The van der Waals surface area contributed by atoms with Gasteiger partial charge in [-0.25, -0.2) is 14.6 Å². The molecular formula is C18H23N7S. The second-order valence-electron chi connectivity index (χ2n) is 5.93. The molecule has 0 unspecified atom stereocenters. The molecule has 3 rings (SSSR count). The average Bonchev–Trinajstić information content (AvgIpc) is 3.25. The lowest BCUT2D eigenvalue weighted by Gasteiger charge is -2.12. The Labute approximate surface area is 157 Å². The van der Waals surface area contributed by atoms with Crippen LogP contribution >= 0.6 is 11.3 Å². The first-order valence-electron chi connectivity index (χ1n) is 8.41. The predicted octanol–water partition coefficient (Wildman–Crippen LogP) is 2.26. The zero-order valence-electron chi connectivity index (χ0n) is 15.2. The number of hydrogen-bond donors (Lipinski definition) is 2. The van der Waals surface area contributed by atoms with Crippen LogP contribution in [0.15, 0.2) is 41.9 Å². The van der Waals surface area contributed by atoms with Crippen LogP contribution in [-0.2, 0) is 19.6 Å². The monoisotopic (exact) mass is 369 g/mol. The molecule has 0 amide bonds. The lowest BCUT2D eigenvalue weighted by Crippen LogP contribution is -2.36. The molecule has 0 aliphatic heterocycles. The first-order valence-corrected chi connectivity index (χ1v) is 9.23. The third-order valence-corrected chi connectivity index (χ3v) is 4.97. The van der Waals surface area contributed by atoms with Gasteiger partial charge in [0.15, 0.2) is 5.96 Å². The van der Waals surface area contributed by atoms with E-state index in [1.165, 1.54) is 16.0 Å².